The molecule has 0 fully saturated rings. The van der Waals surface area contributed by atoms with E-state index < -0.39 is 0 Å². The molecule has 3 aromatic rings. The minimum atomic E-state index is 0.700. The maximum atomic E-state index is 4.60. The molecule has 0 aliphatic rings. The highest BCUT2D eigenvalue weighted by Crippen LogP contribution is 2.21. The van der Waals surface area contributed by atoms with Crippen molar-refractivity contribution in [2.75, 3.05) is 5.43 Å². The van der Waals surface area contributed by atoms with E-state index in [0.717, 1.165) is 28.2 Å². The number of anilines is 1. The van der Waals surface area contributed by atoms with Crippen LogP contribution in [0.25, 0.3) is 11.4 Å². The van der Waals surface area contributed by atoms with Gasteiger partial charge in [0.05, 0.1) is 6.21 Å². The highest BCUT2D eigenvalue weighted by Gasteiger charge is 2.08. The Morgan fingerprint density at radius 1 is 0.870 bits per heavy atom. The first kappa shape index (κ1) is 14.9. The molecule has 0 aliphatic heterocycles. The van der Waals surface area contributed by atoms with Crippen molar-refractivity contribution in [1.29, 1.82) is 0 Å². The van der Waals surface area contributed by atoms with E-state index in [-0.39, 0.29) is 0 Å². The fourth-order valence-electron chi connectivity index (χ4n) is 2.16. The fraction of sp³-hybridized carbons (Fsp3) is 0.105. The van der Waals surface area contributed by atoms with E-state index >= 15 is 0 Å². The first-order chi connectivity index (χ1) is 11.2. The largest absolute Gasteiger partial charge is 0.261 e. The molecular formula is C19H18N4. The van der Waals surface area contributed by atoms with Crippen molar-refractivity contribution in [2.45, 2.75) is 13.8 Å². The third kappa shape index (κ3) is 3.61. The molecule has 0 amide bonds. The Morgan fingerprint density at radius 3 is 2.22 bits per heavy atom. The van der Waals surface area contributed by atoms with E-state index in [4.69, 9.17) is 0 Å². The lowest BCUT2D eigenvalue weighted by Crippen LogP contribution is -2.03. The first-order valence-corrected chi connectivity index (χ1v) is 7.49. The molecule has 0 radical (unpaired) electrons. The summed E-state index contributed by atoms with van der Waals surface area (Å²) in [5, 5.41) is 4.28. The minimum absolute atomic E-state index is 0.700. The minimum Gasteiger partial charge on any atom is -0.261 e. The van der Waals surface area contributed by atoms with Crippen LogP contribution in [-0.2, 0) is 0 Å². The van der Waals surface area contributed by atoms with Crippen molar-refractivity contribution in [1.82, 2.24) is 9.97 Å². The van der Waals surface area contributed by atoms with Crippen LogP contribution in [0.3, 0.4) is 0 Å². The van der Waals surface area contributed by atoms with E-state index in [1.54, 1.807) is 6.21 Å². The number of hydrazone groups is 1. The van der Waals surface area contributed by atoms with Gasteiger partial charge in [-0.25, -0.2) is 9.97 Å². The van der Waals surface area contributed by atoms with Crippen LogP contribution in [0.1, 0.15) is 16.8 Å². The van der Waals surface area contributed by atoms with Gasteiger partial charge in [-0.05, 0) is 19.4 Å². The molecule has 0 aliphatic carbocycles. The Morgan fingerprint density at radius 2 is 1.52 bits per heavy atom. The van der Waals surface area contributed by atoms with Gasteiger partial charge in [0.1, 0.15) is 0 Å². The number of aryl methyl sites for hydroxylation is 1. The Bertz CT molecular complexity index is 812. The Labute approximate surface area is 135 Å². The van der Waals surface area contributed by atoms with Gasteiger partial charge in [0.15, 0.2) is 11.6 Å². The molecule has 1 aromatic heterocycles. The average molecular weight is 302 g/mol. The number of benzene rings is 2. The molecule has 23 heavy (non-hydrogen) atoms. The summed E-state index contributed by atoms with van der Waals surface area (Å²) >= 11 is 0. The van der Waals surface area contributed by atoms with Crippen molar-refractivity contribution in [3.63, 3.8) is 0 Å². The Kier molecular flexibility index (Phi) is 4.43. The number of nitrogens with one attached hydrogen (secondary N) is 1. The third-order valence-corrected chi connectivity index (χ3v) is 3.60. The number of aromatic nitrogens is 2. The molecule has 0 unspecified atom stereocenters. The van der Waals surface area contributed by atoms with Crippen molar-refractivity contribution >= 4 is 12.0 Å². The lowest BCUT2D eigenvalue weighted by atomic mass is 10.2. The Hall–Kier alpha value is -3.01. The monoisotopic (exact) mass is 302 g/mol. The van der Waals surface area contributed by atoms with Gasteiger partial charge in [-0.15, -0.1) is 0 Å². The van der Waals surface area contributed by atoms with Crippen molar-refractivity contribution < 1.29 is 0 Å². The number of nitrogens with zero attached hydrogens (tertiary/aromatic N) is 3. The zero-order valence-electron chi connectivity index (χ0n) is 13.2. The highest BCUT2D eigenvalue weighted by atomic mass is 15.3. The standard InChI is InChI=1S/C19H18N4/c1-14-15(2)21-19(17-11-7-4-8-12-17)22-18(14)23-20-13-16-9-5-3-6-10-16/h3-13H,1-2H3,(H,21,22,23)/b20-13-. The SMILES string of the molecule is Cc1nc(-c2ccccc2)nc(N/N=C\c2ccccc2)c1C. The van der Waals surface area contributed by atoms with Crippen LogP contribution in [0.2, 0.25) is 0 Å². The molecule has 4 heteroatoms. The molecule has 4 nitrogen and oxygen atoms in total. The first-order valence-electron chi connectivity index (χ1n) is 7.49. The van der Waals surface area contributed by atoms with Gasteiger partial charge in [-0.3, -0.25) is 5.43 Å². The zero-order valence-corrected chi connectivity index (χ0v) is 13.2. The molecule has 0 bridgehead atoms. The maximum absolute atomic E-state index is 4.60. The van der Waals surface area contributed by atoms with Crippen LogP contribution in [0.5, 0.6) is 0 Å². The van der Waals surface area contributed by atoms with Crippen LogP contribution in [0, 0.1) is 13.8 Å². The van der Waals surface area contributed by atoms with E-state index in [1.807, 2.05) is 74.5 Å². The summed E-state index contributed by atoms with van der Waals surface area (Å²) < 4.78 is 0. The van der Waals surface area contributed by atoms with Gasteiger partial charge < -0.3 is 0 Å². The molecule has 1 N–H and O–H groups in total. The summed E-state index contributed by atoms with van der Waals surface area (Å²) in [6, 6.07) is 19.9. The normalized spacial score (nSPS) is 10.9. The molecule has 0 spiro atoms. The quantitative estimate of drug-likeness (QED) is 0.580. The van der Waals surface area contributed by atoms with Crippen LogP contribution >= 0.6 is 0 Å². The number of hydrogen-bond donors (Lipinski definition) is 1. The molecule has 2 aromatic carbocycles. The zero-order chi connectivity index (χ0) is 16.1. The number of rotatable bonds is 4. The maximum Gasteiger partial charge on any atom is 0.161 e. The van der Waals surface area contributed by atoms with E-state index in [0.29, 0.717) is 5.82 Å². The third-order valence-electron chi connectivity index (χ3n) is 3.60. The van der Waals surface area contributed by atoms with Crippen molar-refractivity contribution in [2.24, 2.45) is 5.10 Å². The second-order valence-corrected chi connectivity index (χ2v) is 5.25. The van der Waals surface area contributed by atoms with E-state index in [2.05, 4.69) is 20.5 Å². The molecule has 1 heterocycles. The Balaban J connectivity index is 1.87. The van der Waals surface area contributed by atoms with E-state index in [9.17, 15) is 0 Å². The molecule has 3 rings (SSSR count). The lowest BCUT2D eigenvalue weighted by Gasteiger charge is -2.09. The second kappa shape index (κ2) is 6.83. The molecule has 0 saturated heterocycles. The smallest absolute Gasteiger partial charge is 0.161 e. The second-order valence-electron chi connectivity index (χ2n) is 5.25. The molecule has 0 atom stereocenters. The lowest BCUT2D eigenvalue weighted by molar-refractivity contribution is 1.06. The van der Waals surface area contributed by atoms with Crippen molar-refractivity contribution in [3.8, 4) is 11.4 Å². The van der Waals surface area contributed by atoms with Crippen LogP contribution < -0.4 is 5.43 Å². The van der Waals surface area contributed by atoms with Crippen LogP contribution in [0.4, 0.5) is 5.82 Å². The molecular weight excluding hydrogens is 284 g/mol. The average Bonchev–Trinajstić information content (AvgIpc) is 2.60. The summed E-state index contributed by atoms with van der Waals surface area (Å²) in [5.74, 6) is 1.43. The molecule has 0 saturated carbocycles. The fourth-order valence-corrected chi connectivity index (χ4v) is 2.16. The topological polar surface area (TPSA) is 50.2 Å². The van der Waals surface area contributed by atoms with Gasteiger partial charge in [0.2, 0.25) is 0 Å². The van der Waals surface area contributed by atoms with Gasteiger partial charge in [0.25, 0.3) is 0 Å². The van der Waals surface area contributed by atoms with Crippen LogP contribution in [0.15, 0.2) is 65.8 Å². The van der Waals surface area contributed by atoms with E-state index in [1.165, 1.54) is 0 Å². The van der Waals surface area contributed by atoms with Crippen molar-refractivity contribution in [3.05, 3.63) is 77.5 Å². The van der Waals surface area contributed by atoms with Crippen LogP contribution in [-0.4, -0.2) is 16.2 Å². The highest BCUT2D eigenvalue weighted by molar-refractivity contribution is 5.80. The summed E-state index contributed by atoms with van der Waals surface area (Å²) in [7, 11) is 0. The predicted octanol–water partition coefficient (Wildman–Crippen LogP) is 4.21. The predicted molar refractivity (Wildman–Crippen MR) is 94.6 cm³/mol. The summed E-state index contributed by atoms with van der Waals surface area (Å²) in [5.41, 5.74) is 6.99. The summed E-state index contributed by atoms with van der Waals surface area (Å²) in [6.45, 7) is 3.97. The van der Waals surface area contributed by atoms with Gasteiger partial charge in [-0.2, -0.15) is 5.10 Å². The van der Waals surface area contributed by atoms with Gasteiger partial charge >= 0.3 is 0 Å². The number of hydrogen-bond acceptors (Lipinski definition) is 4. The summed E-state index contributed by atoms with van der Waals surface area (Å²) in [6.07, 6.45) is 1.78. The van der Waals surface area contributed by atoms with Gasteiger partial charge in [0, 0.05) is 16.8 Å². The molecule has 114 valence electrons. The summed E-state index contributed by atoms with van der Waals surface area (Å²) in [4.78, 5) is 9.17. The van der Waals surface area contributed by atoms with Gasteiger partial charge in [-0.1, -0.05) is 60.7 Å².